The highest BCUT2D eigenvalue weighted by Gasteiger charge is 2.38. The Bertz CT molecular complexity index is 3330. The van der Waals surface area contributed by atoms with Crippen molar-refractivity contribution >= 4 is 61.7 Å². The van der Waals surface area contributed by atoms with Crippen LogP contribution in [0.2, 0.25) is 0 Å². The fourth-order valence-electron chi connectivity index (χ4n) is 8.98. The number of furan rings is 1. The second kappa shape index (κ2) is 13.0. The number of oxazole rings is 1. The Morgan fingerprint density at radius 2 is 1.21 bits per heavy atom. The number of fused-ring (bicyclic) bond motifs is 8. The van der Waals surface area contributed by atoms with Crippen LogP contribution in [-0.2, 0) is 0 Å². The first-order valence-electron chi connectivity index (χ1n) is 19.7. The molecule has 58 heavy (non-hydrogen) atoms. The van der Waals surface area contributed by atoms with Crippen molar-refractivity contribution in [3.8, 4) is 28.3 Å². The quantitative estimate of drug-likeness (QED) is 0.170. The summed E-state index contributed by atoms with van der Waals surface area (Å²) < 4.78 is 19.6. The van der Waals surface area contributed by atoms with Crippen LogP contribution < -0.4 is 20.1 Å². The first kappa shape index (κ1) is 32.6. The third-order valence-electron chi connectivity index (χ3n) is 11.7. The molecule has 10 aromatic rings. The molecule has 0 bridgehead atoms. The van der Waals surface area contributed by atoms with E-state index in [1.165, 1.54) is 21.6 Å². The van der Waals surface area contributed by atoms with E-state index in [-0.39, 0.29) is 12.0 Å². The molecule has 0 amide bonds. The van der Waals surface area contributed by atoms with Crippen molar-refractivity contribution in [2.24, 2.45) is 0 Å². The summed E-state index contributed by atoms with van der Waals surface area (Å²) >= 11 is 0. The lowest BCUT2D eigenvalue weighted by Gasteiger charge is -2.27. The summed E-state index contributed by atoms with van der Waals surface area (Å²) in [4.78, 5) is 7.07. The SMILES string of the molecule is C1=c2ccccc2=C(c2ccc(N(c3ccccc3)c3cccc4oc5ccccc5c34)cc2)C2Oc3cc(-c4ccc5nc(-c6ccccc6)oc5c4)ccc3C12. The highest BCUT2D eigenvalue weighted by atomic mass is 16.5. The summed E-state index contributed by atoms with van der Waals surface area (Å²) in [5, 5.41) is 4.61. The third-order valence-corrected chi connectivity index (χ3v) is 11.7. The fraction of sp³-hybridized carbons (Fsp3) is 0.0377. The van der Waals surface area contributed by atoms with Gasteiger partial charge in [0.1, 0.15) is 28.5 Å². The van der Waals surface area contributed by atoms with E-state index in [1.54, 1.807) is 0 Å². The van der Waals surface area contributed by atoms with Gasteiger partial charge in [-0.3, -0.25) is 0 Å². The van der Waals surface area contributed by atoms with E-state index in [0.29, 0.717) is 5.89 Å². The van der Waals surface area contributed by atoms with Crippen LogP contribution in [0.5, 0.6) is 5.75 Å². The molecule has 0 spiro atoms. The highest BCUT2D eigenvalue weighted by Crippen LogP contribution is 2.47. The minimum absolute atomic E-state index is 0.0756. The summed E-state index contributed by atoms with van der Waals surface area (Å²) in [5.41, 5.74) is 13.1. The molecule has 274 valence electrons. The van der Waals surface area contributed by atoms with Gasteiger partial charge >= 0.3 is 0 Å². The number of rotatable bonds is 6. The largest absolute Gasteiger partial charge is 0.484 e. The molecule has 1 aliphatic carbocycles. The molecule has 2 aliphatic rings. The lowest BCUT2D eigenvalue weighted by atomic mass is 9.82. The maximum absolute atomic E-state index is 7.02. The number of nitrogens with zero attached hydrogens (tertiary/aromatic N) is 2. The van der Waals surface area contributed by atoms with Crippen LogP contribution in [0.3, 0.4) is 0 Å². The van der Waals surface area contributed by atoms with Crippen molar-refractivity contribution < 1.29 is 13.6 Å². The van der Waals surface area contributed by atoms with Crippen LogP contribution in [0, 0.1) is 0 Å². The minimum Gasteiger partial charge on any atom is -0.484 e. The maximum Gasteiger partial charge on any atom is 0.227 e. The van der Waals surface area contributed by atoms with Crippen molar-refractivity contribution in [2.45, 2.75) is 12.0 Å². The molecule has 12 rings (SSSR count). The van der Waals surface area contributed by atoms with E-state index in [2.05, 4.69) is 151 Å². The van der Waals surface area contributed by atoms with Crippen LogP contribution >= 0.6 is 0 Å². The van der Waals surface area contributed by atoms with E-state index in [9.17, 15) is 0 Å². The van der Waals surface area contributed by atoms with Gasteiger partial charge in [0, 0.05) is 39.4 Å². The van der Waals surface area contributed by atoms with Gasteiger partial charge in [0.15, 0.2) is 5.58 Å². The average molecular weight is 747 g/mol. The monoisotopic (exact) mass is 746 g/mol. The first-order chi connectivity index (χ1) is 28.7. The van der Waals surface area contributed by atoms with Crippen LogP contribution in [-0.4, -0.2) is 11.1 Å². The predicted molar refractivity (Wildman–Crippen MR) is 233 cm³/mol. The number of ether oxygens (including phenoxy) is 1. The number of benzene rings is 8. The van der Waals surface area contributed by atoms with Gasteiger partial charge in [-0.2, -0.15) is 0 Å². The van der Waals surface area contributed by atoms with E-state index >= 15 is 0 Å². The zero-order valence-corrected chi connectivity index (χ0v) is 31.2. The molecule has 0 fully saturated rings. The standard InChI is InChI=1S/C53H34N2O3/c1-3-12-34(13-4-1)53-54-44-29-25-36(32-49(44)58-53)35-24-28-41-43-30-37-14-7-8-17-40(37)50(52(43)57-48(41)31-35)33-22-26-39(27-23-33)55(38-15-5-2-6-16-38)45-19-11-21-47-51(45)42-18-9-10-20-46(42)56-47/h1-32,43,52H. The van der Waals surface area contributed by atoms with Crippen molar-refractivity contribution in [1.29, 1.82) is 0 Å². The molecule has 0 saturated carbocycles. The molecule has 0 saturated heterocycles. The third kappa shape index (κ3) is 5.21. The number of anilines is 3. The van der Waals surface area contributed by atoms with Gasteiger partial charge in [-0.15, -0.1) is 0 Å². The molecule has 1 aliphatic heterocycles. The molecule has 0 radical (unpaired) electrons. The normalized spacial score (nSPS) is 15.5. The van der Waals surface area contributed by atoms with Gasteiger partial charge in [0.25, 0.3) is 0 Å². The molecule has 8 aromatic carbocycles. The Morgan fingerprint density at radius 1 is 0.500 bits per heavy atom. The van der Waals surface area contributed by atoms with Crippen molar-refractivity contribution in [1.82, 2.24) is 4.98 Å². The second-order valence-electron chi connectivity index (χ2n) is 15.0. The van der Waals surface area contributed by atoms with Gasteiger partial charge in [-0.1, -0.05) is 121 Å². The number of para-hydroxylation sites is 2. The molecular formula is C53H34N2O3. The summed E-state index contributed by atoms with van der Waals surface area (Å²) in [7, 11) is 0. The molecular weight excluding hydrogens is 713 g/mol. The number of hydrogen-bond donors (Lipinski definition) is 0. The van der Waals surface area contributed by atoms with E-state index in [0.717, 1.165) is 78.1 Å². The summed E-state index contributed by atoms with van der Waals surface area (Å²) in [5.74, 6) is 1.60. The molecule has 3 heterocycles. The van der Waals surface area contributed by atoms with Gasteiger partial charge < -0.3 is 18.5 Å². The average Bonchev–Trinajstić information content (AvgIpc) is 4.00. The van der Waals surface area contributed by atoms with Crippen LogP contribution in [0.4, 0.5) is 17.1 Å². The van der Waals surface area contributed by atoms with Crippen LogP contribution in [0.1, 0.15) is 17.0 Å². The fourth-order valence-corrected chi connectivity index (χ4v) is 8.98. The lowest BCUT2D eigenvalue weighted by molar-refractivity contribution is 0.281. The Morgan fingerprint density at radius 3 is 2.09 bits per heavy atom. The molecule has 5 nitrogen and oxygen atoms in total. The van der Waals surface area contributed by atoms with E-state index < -0.39 is 0 Å². The maximum atomic E-state index is 7.02. The Hall–Kier alpha value is -7.63. The lowest BCUT2D eigenvalue weighted by Crippen LogP contribution is -2.39. The zero-order chi connectivity index (χ0) is 38.2. The summed E-state index contributed by atoms with van der Waals surface area (Å²) in [6.45, 7) is 0. The Kier molecular flexibility index (Phi) is 7.29. The van der Waals surface area contributed by atoms with Crippen LogP contribution in [0.15, 0.2) is 197 Å². The van der Waals surface area contributed by atoms with Crippen molar-refractivity contribution in [3.05, 3.63) is 210 Å². The zero-order valence-electron chi connectivity index (χ0n) is 31.2. The molecule has 2 atom stereocenters. The molecule has 2 aromatic heterocycles. The number of hydrogen-bond acceptors (Lipinski definition) is 5. The van der Waals surface area contributed by atoms with E-state index in [1.807, 2.05) is 48.5 Å². The van der Waals surface area contributed by atoms with Crippen LogP contribution in [0.25, 0.3) is 67.3 Å². The molecule has 5 heteroatoms. The Labute approximate surface area is 334 Å². The van der Waals surface area contributed by atoms with E-state index in [4.69, 9.17) is 18.6 Å². The second-order valence-corrected chi connectivity index (χ2v) is 15.0. The summed E-state index contributed by atoms with van der Waals surface area (Å²) in [6, 6.07) is 65.6. The Balaban J connectivity index is 0.924. The van der Waals surface area contributed by atoms with Gasteiger partial charge in [0.05, 0.1) is 11.1 Å². The molecule has 0 N–H and O–H groups in total. The minimum atomic E-state index is -0.174. The topological polar surface area (TPSA) is 51.6 Å². The predicted octanol–water partition coefficient (Wildman–Crippen LogP) is 12.1. The van der Waals surface area contributed by atoms with Gasteiger partial charge in [0.2, 0.25) is 5.89 Å². The highest BCUT2D eigenvalue weighted by molar-refractivity contribution is 6.13. The van der Waals surface area contributed by atoms with Gasteiger partial charge in [-0.05, 0) is 99.9 Å². The smallest absolute Gasteiger partial charge is 0.227 e. The van der Waals surface area contributed by atoms with Crippen molar-refractivity contribution in [3.63, 3.8) is 0 Å². The first-order valence-corrected chi connectivity index (χ1v) is 19.7. The number of aromatic nitrogens is 1. The molecule has 2 unspecified atom stereocenters. The van der Waals surface area contributed by atoms with Gasteiger partial charge in [-0.25, -0.2) is 4.98 Å². The van der Waals surface area contributed by atoms with Crippen molar-refractivity contribution in [2.75, 3.05) is 4.90 Å². The summed E-state index contributed by atoms with van der Waals surface area (Å²) in [6.07, 6.45) is 2.20.